The SMILES string of the molecule is CCCOc1cc2sc(Sc3c(NC(=O)CCC(=O)O)ccc4ccccc34)nc2cc1Br. The zero-order valence-corrected chi connectivity index (χ0v) is 21.0. The van der Waals surface area contributed by atoms with E-state index in [4.69, 9.17) is 14.8 Å². The molecule has 1 aromatic heterocycles. The second kappa shape index (κ2) is 10.5. The molecule has 0 atom stereocenters. The number of nitrogens with one attached hydrogen (secondary N) is 1. The summed E-state index contributed by atoms with van der Waals surface area (Å²) in [7, 11) is 0. The Morgan fingerprint density at radius 1 is 1.18 bits per heavy atom. The molecule has 0 fully saturated rings. The monoisotopic (exact) mass is 544 g/mol. The molecule has 0 aliphatic carbocycles. The molecular formula is C24H21BrN2O4S2. The molecule has 1 heterocycles. The summed E-state index contributed by atoms with van der Waals surface area (Å²) in [5.41, 5.74) is 1.51. The molecule has 170 valence electrons. The quantitative estimate of drug-likeness (QED) is 0.237. The van der Waals surface area contributed by atoms with Gasteiger partial charge in [-0.15, -0.1) is 11.3 Å². The van der Waals surface area contributed by atoms with E-state index in [0.717, 1.165) is 46.9 Å². The largest absolute Gasteiger partial charge is 0.492 e. The number of carboxylic acids is 1. The van der Waals surface area contributed by atoms with Crippen LogP contribution in [-0.2, 0) is 9.59 Å². The number of benzene rings is 3. The van der Waals surface area contributed by atoms with E-state index in [9.17, 15) is 9.59 Å². The lowest BCUT2D eigenvalue weighted by Gasteiger charge is -2.13. The van der Waals surface area contributed by atoms with E-state index in [1.807, 2.05) is 48.5 Å². The fourth-order valence-corrected chi connectivity index (χ4v) is 5.93. The zero-order chi connectivity index (χ0) is 23.4. The number of aromatic nitrogens is 1. The predicted octanol–water partition coefficient (Wildman–Crippen LogP) is 6.96. The van der Waals surface area contributed by atoms with Gasteiger partial charge >= 0.3 is 5.97 Å². The second-order valence-corrected chi connectivity index (χ2v) is 10.4. The molecule has 2 N–H and O–H groups in total. The number of halogens is 1. The van der Waals surface area contributed by atoms with E-state index in [0.29, 0.717) is 12.3 Å². The van der Waals surface area contributed by atoms with E-state index in [1.54, 1.807) is 11.3 Å². The van der Waals surface area contributed by atoms with Crippen LogP contribution in [0.5, 0.6) is 5.75 Å². The number of hydrogen-bond acceptors (Lipinski definition) is 6. The highest BCUT2D eigenvalue weighted by Gasteiger charge is 2.16. The van der Waals surface area contributed by atoms with Gasteiger partial charge in [-0.3, -0.25) is 9.59 Å². The summed E-state index contributed by atoms with van der Waals surface area (Å²) >= 11 is 6.61. The summed E-state index contributed by atoms with van der Waals surface area (Å²) in [4.78, 5) is 28.8. The van der Waals surface area contributed by atoms with Crippen molar-refractivity contribution in [3.05, 3.63) is 53.0 Å². The maximum Gasteiger partial charge on any atom is 0.303 e. The van der Waals surface area contributed by atoms with E-state index >= 15 is 0 Å². The van der Waals surface area contributed by atoms with Gasteiger partial charge in [0.1, 0.15) is 5.75 Å². The summed E-state index contributed by atoms with van der Waals surface area (Å²) in [5.74, 6) is -0.539. The van der Waals surface area contributed by atoms with Gasteiger partial charge in [0.15, 0.2) is 4.34 Å². The standard InChI is InChI=1S/C24H21BrN2O4S2/c1-2-11-31-19-13-20-18(12-16(19)25)27-24(32-20)33-23-15-6-4-3-5-14(15)7-8-17(23)26-21(28)9-10-22(29)30/h3-8,12-13H,2,9-11H2,1H3,(H,26,28)(H,29,30). The minimum atomic E-state index is -0.999. The molecule has 1 amide bonds. The van der Waals surface area contributed by atoms with Crippen LogP contribution >= 0.6 is 39.0 Å². The first-order valence-electron chi connectivity index (χ1n) is 10.4. The van der Waals surface area contributed by atoms with Gasteiger partial charge in [-0.2, -0.15) is 0 Å². The highest BCUT2D eigenvalue weighted by atomic mass is 79.9. The van der Waals surface area contributed by atoms with Gasteiger partial charge in [-0.1, -0.05) is 49.0 Å². The summed E-state index contributed by atoms with van der Waals surface area (Å²) in [6, 6.07) is 15.7. The minimum Gasteiger partial charge on any atom is -0.492 e. The van der Waals surface area contributed by atoms with E-state index in [-0.39, 0.29) is 18.7 Å². The highest BCUT2D eigenvalue weighted by Crippen LogP contribution is 2.43. The van der Waals surface area contributed by atoms with Gasteiger partial charge in [0, 0.05) is 17.4 Å². The number of rotatable bonds is 9. The Balaban J connectivity index is 1.68. The van der Waals surface area contributed by atoms with Crippen LogP contribution in [0.15, 0.2) is 62.2 Å². The first-order valence-corrected chi connectivity index (χ1v) is 12.8. The average molecular weight is 545 g/mol. The molecule has 9 heteroatoms. The lowest BCUT2D eigenvalue weighted by molar-refractivity contribution is -0.138. The molecule has 6 nitrogen and oxygen atoms in total. The summed E-state index contributed by atoms with van der Waals surface area (Å²) < 4.78 is 8.53. The van der Waals surface area contributed by atoms with Gasteiger partial charge in [0.25, 0.3) is 0 Å². The fourth-order valence-electron chi connectivity index (χ4n) is 3.25. The van der Waals surface area contributed by atoms with Crippen LogP contribution in [0.3, 0.4) is 0 Å². The van der Waals surface area contributed by atoms with Crippen molar-refractivity contribution in [2.75, 3.05) is 11.9 Å². The average Bonchev–Trinajstić information content (AvgIpc) is 3.18. The molecule has 0 saturated carbocycles. The molecule has 0 unspecified atom stereocenters. The van der Waals surface area contributed by atoms with Crippen molar-refractivity contribution < 1.29 is 19.4 Å². The Kier molecular flexibility index (Phi) is 7.52. The molecule has 0 saturated heterocycles. The summed E-state index contributed by atoms with van der Waals surface area (Å²) in [6.07, 6.45) is 0.634. The van der Waals surface area contributed by atoms with Gasteiger partial charge in [0.05, 0.1) is 33.4 Å². The smallest absolute Gasteiger partial charge is 0.303 e. The maximum atomic E-state index is 12.3. The van der Waals surface area contributed by atoms with Crippen molar-refractivity contribution in [3.63, 3.8) is 0 Å². The van der Waals surface area contributed by atoms with Gasteiger partial charge in [-0.25, -0.2) is 4.98 Å². The van der Waals surface area contributed by atoms with Crippen LogP contribution in [0.4, 0.5) is 5.69 Å². The van der Waals surface area contributed by atoms with Crippen LogP contribution in [0.25, 0.3) is 21.0 Å². The van der Waals surface area contributed by atoms with Gasteiger partial charge in [0.2, 0.25) is 5.91 Å². The topological polar surface area (TPSA) is 88.5 Å². The summed E-state index contributed by atoms with van der Waals surface area (Å²) in [6.45, 7) is 2.71. The molecule has 0 spiro atoms. The van der Waals surface area contributed by atoms with E-state index < -0.39 is 5.97 Å². The van der Waals surface area contributed by atoms with Gasteiger partial charge in [-0.05, 0) is 45.3 Å². The molecule has 0 aliphatic heterocycles. The lowest BCUT2D eigenvalue weighted by Crippen LogP contribution is -2.13. The number of carbonyl (C=O) groups excluding carboxylic acids is 1. The Labute approximate surface area is 207 Å². The normalized spacial score (nSPS) is 11.1. The third-order valence-electron chi connectivity index (χ3n) is 4.79. The number of fused-ring (bicyclic) bond motifs is 2. The Morgan fingerprint density at radius 2 is 2.00 bits per heavy atom. The van der Waals surface area contributed by atoms with Crippen LogP contribution < -0.4 is 10.1 Å². The zero-order valence-electron chi connectivity index (χ0n) is 17.8. The number of hydrogen-bond donors (Lipinski definition) is 2. The number of aliphatic carboxylic acids is 1. The van der Waals surface area contributed by atoms with Crippen molar-refractivity contribution in [2.24, 2.45) is 0 Å². The molecular weight excluding hydrogens is 524 g/mol. The highest BCUT2D eigenvalue weighted by molar-refractivity contribution is 9.10. The van der Waals surface area contributed by atoms with Crippen molar-refractivity contribution in [1.82, 2.24) is 4.98 Å². The summed E-state index contributed by atoms with van der Waals surface area (Å²) in [5, 5.41) is 13.8. The van der Waals surface area contributed by atoms with Crippen molar-refractivity contribution in [2.45, 2.75) is 35.4 Å². The second-order valence-electron chi connectivity index (χ2n) is 7.29. The van der Waals surface area contributed by atoms with Crippen LogP contribution in [-0.4, -0.2) is 28.6 Å². The number of carboxylic acid groups (broad SMARTS) is 1. The number of anilines is 1. The van der Waals surface area contributed by atoms with Crippen LogP contribution in [0.1, 0.15) is 26.2 Å². The number of amides is 1. The third kappa shape index (κ3) is 5.66. The number of ether oxygens (including phenoxy) is 1. The minimum absolute atomic E-state index is 0.0814. The Hall–Kier alpha value is -2.62. The number of carbonyl (C=O) groups is 2. The predicted molar refractivity (Wildman–Crippen MR) is 137 cm³/mol. The lowest BCUT2D eigenvalue weighted by atomic mass is 10.1. The first kappa shape index (κ1) is 23.5. The molecule has 3 aromatic carbocycles. The molecule has 0 radical (unpaired) electrons. The first-order chi connectivity index (χ1) is 15.9. The number of nitrogens with zero attached hydrogens (tertiary/aromatic N) is 1. The fraction of sp³-hybridized carbons (Fsp3) is 0.208. The Morgan fingerprint density at radius 3 is 2.79 bits per heavy atom. The van der Waals surface area contributed by atoms with Crippen molar-refractivity contribution >= 4 is 77.6 Å². The van der Waals surface area contributed by atoms with E-state index in [1.165, 1.54) is 11.8 Å². The maximum absolute atomic E-state index is 12.3. The van der Waals surface area contributed by atoms with Crippen LogP contribution in [0.2, 0.25) is 0 Å². The van der Waals surface area contributed by atoms with Crippen LogP contribution in [0, 0.1) is 0 Å². The van der Waals surface area contributed by atoms with E-state index in [2.05, 4.69) is 28.2 Å². The number of thiazole rings is 1. The molecule has 0 aliphatic rings. The molecule has 4 aromatic rings. The van der Waals surface area contributed by atoms with Gasteiger partial charge < -0.3 is 15.2 Å². The molecule has 0 bridgehead atoms. The van der Waals surface area contributed by atoms with Crippen molar-refractivity contribution in [1.29, 1.82) is 0 Å². The Bertz CT molecular complexity index is 1340. The molecule has 33 heavy (non-hydrogen) atoms. The third-order valence-corrected chi connectivity index (χ3v) is 7.64. The van der Waals surface area contributed by atoms with Crippen molar-refractivity contribution in [3.8, 4) is 5.75 Å². The molecule has 4 rings (SSSR count).